The summed E-state index contributed by atoms with van der Waals surface area (Å²) in [6.45, 7) is 8.35. The Bertz CT molecular complexity index is 338. The van der Waals surface area contributed by atoms with Crippen LogP contribution in [0.1, 0.15) is 122 Å². The summed E-state index contributed by atoms with van der Waals surface area (Å²) in [5, 5.41) is 0. The third kappa shape index (κ3) is 23.9. The predicted molar refractivity (Wildman–Crippen MR) is 125 cm³/mol. The first kappa shape index (κ1) is 29.2. The third-order valence-corrected chi connectivity index (χ3v) is 4.93. The van der Waals surface area contributed by atoms with Gasteiger partial charge in [0.1, 0.15) is 0 Å². The summed E-state index contributed by atoms with van der Waals surface area (Å²) in [6.07, 6.45) is 23.3. The van der Waals surface area contributed by atoms with Crippen molar-refractivity contribution >= 4 is 23.1 Å². The molecule has 1 aromatic rings. The molecule has 27 heavy (non-hydrogen) atoms. The van der Waals surface area contributed by atoms with Gasteiger partial charge in [-0.15, -0.1) is 0 Å². The molecule has 0 aromatic heterocycles. The van der Waals surface area contributed by atoms with Crippen LogP contribution in [0.2, 0.25) is 0 Å². The van der Waals surface area contributed by atoms with E-state index < -0.39 is 0 Å². The minimum Gasteiger partial charge on any atom is -0.343 e. The van der Waals surface area contributed by atoms with Gasteiger partial charge in [0.05, 0.1) is 0 Å². The standard InChI is InChI=1S/C16H25.C10H21.Mg/c1-2-3-4-5-6-7-8-10-13-16-14-11-9-12-15-16;1-3-5-7-9-10-8-6-4-2;/h9,11-12,14H,2-8,10,13H2,1H3;1,3-10H2,2H3;/q2*-1;+2. The zero-order chi connectivity index (χ0) is 19.1. The molecule has 0 heterocycles. The first-order valence-electron chi connectivity index (χ1n) is 11.6. The van der Waals surface area contributed by atoms with Gasteiger partial charge < -0.3 is 6.92 Å². The number of hydrogen-bond acceptors (Lipinski definition) is 0. The predicted octanol–water partition coefficient (Wildman–Crippen LogP) is 8.75. The average molecular weight is 383 g/mol. The summed E-state index contributed by atoms with van der Waals surface area (Å²) in [7, 11) is 0. The molecule has 0 unspecified atom stereocenters. The van der Waals surface area contributed by atoms with Gasteiger partial charge in [0.2, 0.25) is 0 Å². The molecule has 0 fully saturated rings. The molecule has 1 rings (SSSR count). The van der Waals surface area contributed by atoms with Crippen molar-refractivity contribution in [1.29, 1.82) is 0 Å². The average Bonchev–Trinajstić information content (AvgIpc) is 2.68. The van der Waals surface area contributed by atoms with E-state index in [1.54, 1.807) is 0 Å². The second kappa shape index (κ2) is 26.0. The van der Waals surface area contributed by atoms with Crippen LogP contribution in [0.25, 0.3) is 0 Å². The van der Waals surface area contributed by atoms with Crippen LogP contribution in [-0.4, -0.2) is 23.1 Å². The van der Waals surface area contributed by atoms with Gasteiger partial charge in [-0.3, -0.25) is 0 Å². The maximum absolute atomic E-state index is 3.82. The Morgan fingerprint density at radius 2 is 1.15 bits per heavy atom. The van der Waals surface area contributed by atoms with Gasteiger partial charge in [0.15, 0.2) is 0 Å². The molecule has 0 radical (unpaired) electrons. The minimum absolute atomic E-state index is 0. The molecule has 0 spiro atoms. The Morgan fingerprint density at radius 1 is 0.667 bits per heavy atom. The molecule has 1 aromatic carbocycles. The van der Waals surface area contributed by atoms with Crippen LogP contribution in [0, 0.1) is 13.0 Å². The fourth-order valence-corrected chi connectivity index (χ4v) is 3.17. The van der Waals surface area contributed by atoms with E-state index >= 15 is 0 Å². The summed E-state index contributed by atoms with van der Waals surface area (Å²) in [5.41, 5.74) is 1.37. The Labute approximate surface area is 188 Å². The molecule has 0 atom stereocenters. The van der Waals surface area contributed by atoms with Gasteiger partial charge in [-0.1, -0.05) is 117 Å². The van der Waals surface area contributed by atoms with E-state index in [0.29, 0.717) is 0 Å². The van der Waals surface area contributed by atoms with Crippen LogP contribution >= 0.6 is 0 Å². The maximum Gasteiger partial charge on any atom is 2.00 e. The Balaban J connectivity index is 0. The number of unbranched alkanes of at least 4 members (excludes halogenated alkanes) is 14. The van der Waals surface area contributed by atoms with Gasteiger partial charge in [0.25, 0.3) is 0 Å². The molecule has 0 aliphatic carbocycles. The number of hydrogen-bond donors (Lipinski definition) is 0. The van der Waals surface area contributed by atoms with Gasteiger partial charge >= 0.3 is 23.1 Å². The summed E-state index contributed by atoms with van der Waals surface area (Å²) in [5.74, 6) is 0. The molecule has 0 saturated carbocycles. The van der Waals surface area contributed by atoms with Gasteiger partial charge in [-0.25, -0.2) is 0 Å². The SMILES string of the molecule is CCCCCCCCCCc1[c-]cccc1.[CH2-]CCCCCCCCC.[Mg+2]. The zero-order valence-corrected chi connectivity index (χ0v) is 20.2. The minimum atomic E-state index is 0. The fourth-order valence-electron chi connectivity index (χ4n) is 3.17. The van der Waals surface area contributed by atoms with Crippen molar-refractivity contribution in [3.63, 3.8) is 0 Å². The first-order valence-corrected chi connectivity index (χ1v) is 11.6. The van der Waals surface area contributed by atoms with E-state index in [2.05, 4.69) is 39.0 Å². The van der Waals surface area contributed by atoms with Crippen molar-refractivity contribution < 1.29 is 0 Å². The first-order chi connectivity index (χ1) is 12.8. The number of aryl methyl sites for hydroxylation is 1. The fraction of sp³-hybridized carbons (Fsp3) is 0.731. The molecule has 0 nitrogen and oxygen atoms in total. The van der Waals surface area contributed by atoms with Crippen molar-refractivity contribution in [1.82, 2.24) is 0 Å². The van der Waals surface area contributed by atoms with Crippen LogP contribution in [0.4, 0.5) is 0 Å². The number of rotatable bonds is 16. The van der Waals surface area contributed by atoms with Gasteiger partial charge in [-0.2, -0.15) is 42.3 Å². The van der Waals surface area contributed by atoms with Gasteiger partial charge in [0, 0.05) is 0 Å². The number of benzene rings is 1. The molecule has 1 heteroatoms. The van der Waals surface area contributed by atoms with Crippen LogP contribution in [0.5, 0.6) is 0 Å². The molecule has 0 bridgehead atoms. The summed E-state index contributed by atoms with van der Waals surface area (Å²) in [4.78, 5) is 0. The summed E-state index contributed by atoms with van der Waals surface area (Å²) in [6, 6.07) is 11.6. The Hall–Kier alpha value is -0.0138. The van der Waals surface area contributed by atoms with Crippen LogP contribution in [0.3, 0.4) is 0 Å². The monoisotopic (exact) mass is 382 g/mol. The molecule has 0 amide bonds. The summed E-state index contributed by atoms with van der Waals surface area (Å²) < 4.78 is 0. The van der Waals surface area contributed by atoms with E-state index in [0.717, 1.165) is 6.42 Å². The third-order valence-electron chi connectivity index (χ3n) is 4.93. The van der Waals surface area contributed by atoms with E-state index in [9.17, 15) is 0 Å². The van der Waals surface area contributed by atoms with Gasteiger partial charge in [-0.05, 0) is 0 Å². The largest absolute Gasteiger partial charge is 2.00 e. The zero-order valence-electron chi connectivity index (χ0n) is 18.7. The van der Waals surface area contributed by atoms with Crippen LogP contribution in [0.15, 0.2) is 24.3 Å². The quantitative estimate of drug-likeness (QED) is 0.152. The van der Waals surface area contributed by atoms with Crippen LogP contribution < -0.4 is 0 Å². The molecular weight excluding hydrogens is 337 g/mol. The van der Waals surface area contributed by atoms with Crippen molar-refractivity contribution in [2.24, 2.45) is 0 Å². The Kier molecular flexibility index (Phi) is 28.1. The van der Waals surface area contributed by atoms with E-state index in [1.807, 2.05) is 12.1 Å². The topological polar surface area (TPSA) is 0 Å². The molecule has 152 valence electrons. The molecule has 0 saturated heterocycles. The van der Waals surface area contributed by atoms with Crippen LogP contribution in [-0.2, 0) is 6.42 Å². The van der Waals surface area contributed by atoms with Crippen molar-refractivity contribution in [2.45, 2.75) is 123 Å². The Morgan fingerprint density at radius 3 is 1.59 bits per heavy atom. The second-order valence-electron chi connectivity index (χ2n) is 7.59. The normalized spacial score (nSPS) is 10.0. The van der Waals surface area contributed by atoms with Crippen molar-refractivity contribution in [3.8, 4) is 0 Å². The molecular formula is C26H46Mg. The molecule has 0 aliphatic heterocycles. The summed E-state index contributed by atoms with van der Waals surface area (Å²) >= 11 is 0. The molecule has 0 aliphatic rings. The van der Waals surface area contributed by atoms with E-state index in [4.69, 9.17) is 0 Å². The second-order valence-corrected chi connectivity index (χ2v) is 7.59. The van der Waals surface area contributed by atoms with Crippen molar-refractivity contribution in [2.75, 3.05) is 0 Å². The van der Waals surface area contributed by atoms with E-state index in [1.165, 1.54) is 108 Å². The maximum atomic E-state index is 3.82. The van der Waals surface area contributed by atoms with Crippen molar-refractivity contribution in [3.05, 3.63) is 42.8 Å². The van der Waals surface area contributed by atoms with E-state index in [-0.39, 0.29) is 23.1 Å². The molecule has 0 N–H and O–H groups in total. The smallest absolute Gasteiger partial charge is 0.343 e.